The molecule has 132 valence electrons. The zero-order valence-electron chi connectivity index (χ0n) is 14.5. The van der Waals surface area contributed by atoms with Gasteiger partial charge in [-0.1, -0.05) is 12.1 Å². The van der Waals surface area contributed by atoms with Crippen LogP contribution in [0.4, 0.5) is 0 Å². The van der Waals surface area contributed by atoms with Gasteiger partial charge in [-0.25, -0.2) is 4.98 Å². The van der Waals surface area contributed by atoms with E-state index < -0.39 is 0 Å². The number of nitrogens with zero attached hydrogens (tertiary/aromatic N) is 4. The number of benzene rings is 1. The molecule has 3 heterocycles. The van der Waals surface area contributed by atoms with Crippen LogP contribution in [0, 0.1) is 0 Å². The molecule has 1 amide bonds. The molecule has 1 unspecified atom stereocenters. The van der Waals surface area contributed by atoms with Gasteiger partial charge in [0.15, 0.2) is 0 Å². The highest BCUT2D eigenvalue weighted by molar-refractivity contribution is 5.77. The third-order valence-corrected chi connectivity index (χ3v) is 5.63. The SMILES string of the molecule is COc1ccc(C2C[C@H]3CC[C@@H](C2)N3C(=O)CCn2cncn2)cc1. The van der Waals surface area contributed by atoms with Crippen molar-refractivity contribution in [2.45, 2.75) is 56.7 Å². The standard InChI is InChI=1S/C19H24N4O2/c1-25-18-6-2-14(3-7-18)15-10-16-4-5-17(11-15)23(16)19(24)8-9-22-13-20-12-21-22/h2-3,6-7,12-13,15-17H,4-5,8-11H2,1H3/t15?,16-,17+. The molecule has 1 aromatic heterocycles. The summed E-state index contributed by atoms with van der Waals surface area (Å²) >= 11 is 0. The third-order valence-electron chi connectivity index (χ3n) is 5.63. The molecule has 3 atom stereocenters. The van der Waals surface area contributed by atoms with Gasteiger partial charge >= 0.3 is 0 Å². The van der Waals surface area contributed by atoms with Crippen LogP contribution >= 0.6 is 0 Å². The highest BCUT2D eigenvalue weighted by Gasteiger charge is 2.43. The Morgan fingerprint density at radius 3 is 2.52 bits per heavy atom. The van der Waals surface area contributed by atoms with E-state index in [4.69, 9.17) is 4.74 Å². The van der Waals surface area contributed by atoms with Gasteiger partial charge in [-0.2, -0.15) is 5.10 Å². The van der Waals surface area contributed by atoms with E-state index in [0.29, 0.717) is 31.0 Å². The molecular formula is C19H24N4O2. The van der Waals surface area contributed by atoms with Gasteiger partial charge in [0.25, 0.3) is 0 Å². The van der Waals surface area contributed by atoms with E-state index in [9.17, 15) is 4.79 Å². The lowest BCUT2D eigenvalue weighted by Crippen LogP contribution is -2.46. The van der Waals surface area contributed by atoms with Crippen LogP contribution in [0.1, 0.15) is 43.6 Å². The van der Waals surface area contributed by atoms with Gasteiger partial charge in [0.1, 0.15) is 18.4 Å². The molecule has 0 spiro atoms. The van der Waals surface area contributed by atoms with Crippen molar-refractivity contribution in [3.8, 4) is 5.75 Å². The number of carbonyl (C=O) groups is 1. The van der Waals surface area contributed by atoms with E-state index in [0.717, 1.165) is 31.4 Å². The summed E-state index contributed by atoms with van der Waals surface area (Å²) < 4.78 is 6.98. The smallest absolute Gasteiger partial charge is 0.224 e. The molecule has 2 aliphatic rings. The van der Waals surface area contributed by atoms with Crippen molar-refractivity contribution in [2.75, 3.05) is 7.11 Å². The van der Waals surface area contributed by atoms with Crippen molar-refractivity contribution >= 4 is 5.91 Å². The molecule has 6 nitrogen and oxygen atoms in total. The normalized spacial score (nSPS) is 25.2. The fourth-order valence-electron chi connectivity index (χ4n) is 4.42. The Bertz CT molecular complexity index is 700. The number of rotatable bonds is 5. The predicted octanol–water partition coefficient (Wildman–Crippen LogP) is 2.61. The van der Waals surface area contributed by atoms with Gasteiger partial charge in [0.2, 0.25) is 5.91 Å². The Morgan fingerprint density at radius 1 is 1.20 bits per heavy atom. The van der Waals surface area contributed by atoms with Crippen molar-refractivity contribution in [1.82, 2.24) is 19.7 Å². The molecular weight excluding hydrogens is 316 g/mol. The first-order valence-electron chi connectivity index (χ1n) is 9.02. The van der Waals surface area contributed by atoms with Crippen LogP contribution in [0.5, 0.6) is 5.75 Å². The van der Waals surface area contributed by atoms with E-state index in [1.807, 2.05) is 12.1 Å². The monoisotopic (exact) mass is 340 g/mol. The molecule has 6 heteroatoms. The minimum absolute atomic E-state index is 0.260. The highest BCUT2D eigenvalue weighted by atomic mass is 16.5. The number of hydrogen-bond acceptors (Lipinski definition) is 4. The van der Waals surface area contributed by atoms with Crippen LogP contribution in [0.25, 0.3) is 0 Å². The summed E-state index contributed by atoms with van der Waals surface area (Å²) in [5.74, 6) is 1.70. The number of aryl methyl sites for hydroxylation is 1. The largest absolute Gasteiger partial charge is 0.497 e. The quantitative estimate of drug-likeness (QED) is 0.839. The average molecular weight is 340 g/mol. The van der Waals surface area contributed by atoms with Gasteiger partial charge in [-0.05, 0) is 49.3 Å². The van der Waals surface area contributed by atoms with E-state index in [1.165, 1.54) is 11.9 Å². The molecule has 0 N–H and O–H groups in total. The van der Waals surface area contributed by atoms with Gasteiger partial charge in [-0.15, -0.1) is 0 Å². The van der Waals surface area contributed by atoms with E-state index in [-0.39, 0.29) is 5.91 Å². The first kappa shape index (κ1) is 16.1. The number of piperidine rings is 1. The van der Waals surface area contributed by atoms with Crippen LogP contribution in [-0.2, 0) is 11.3 Å². The molecule has 2 aromatic rings. The van der Waals surface area contributed by atoms with Gasteiger partial charge in [0.05, 0.1) is 13.7 Å². The topological polar surface area (TPSA) is 60.2 Å². The first-order valence-corrected chi connectivity index (χ1v) is 9.02. The summed E-state index contributed by atoms with van der Waals surface area (Å²) in [6.07, 6.45) is 8.07. The Labute approximate surface area is 147 Å². The Morgan fingerprint density at radius 2 is 1.92 bits per heavy atom. The summed E-state index contributed by atoms with van der Waals surface area (Å²) in [5, 5.41) is 4.08. The van der Waals surface area contributed by atoms with Crippen LogP contribution in [-0.4, -0.2) is 44.8 Å². The molecule has 4 rings (SSSR count). The first-order chi connectivity index (χ1) is 12.2. The Hall–Kier alpha value is -2.37. The van der Waals surface area contributed by atoms with Gasteiger partial charge in [0, 0.05) is 18.5 Å². The van der Waals surface area contributed by atoms with E-state index >= 15 is 0 Å². The molecule has 2 bridgehead atoms. The maximum atomic E-state index is 12.7. The average Bonchev–Trinajstić information content (AvgIpc) is 3.26. The molecule has 0 aliphatic carbocycles. The van der Waals surface area contributed by atoms with Crippen LogP contribution < -0.4 is 4.74 Å². The number of methoxy groups -OCH3 is 1. The molecule has 2 fully saturated rings. The van der Waals surface area contributed by atoms with Gasteiger partial charge in [-0.3, -0.25) is 9.48 Å². The maximum Gasteiger partial charge on any atom is 0.224 e. The van der Waals surface area contributed by atoms with Crippen LogP contribution in [0.2, 0.25) is 0 Å². The predicted molar refractivity (Wildman–Crippen MR) is 93.3 cm³/mol. The van der Waals surface area contributed by atoms with Crippen molar-refractivity contribution in [1.29, 1.82) is 0 Å². The molecule has 2 saturated heterocycles. The number of fused-ring (bicyclic) bond motifs is 2. The van der Waals surface area contributed by atoms with Crippen molar-refractivity contribution < 1.29 is 9.53 Å². The lowest BCUT2D eigenvalue weighted by atomic mass is 9.85. The summed E-state index contributed by atoms with van der Waals surface area (Å²) in [7, 11) is 1.69. The van der Waals surface area contributed by atoms with E-state index in [1.54, 1.807) is 18.1 Å². The minimum atomic E-state index is 0.260. The number of hydrogen-bond donors (Lipinski definition) is 0. The van der Waals surface area contributed by atoms with Crippen molar-refractivity contribution in [2.24, 2.45) is 0 Å². The zero-order chi connectivity index (χ0) is 17.2. The number of amides is 1. The summed E-state index contributed by atoms with van der Waals surface area (Å²) in [5.41, 5.74) is 1.37. The summed E-state index contributed by atoms with van der Waals surface area (Å²) in [6.45, 7) is 0.608. The number of aromatic nitrogens is 3. The highest BCUT2D eigenvalue weighted by Crippen LogP contribution is 2.43. The van der Waals surface area contributed by atoms with E-state index in [2.05, 4.69) is 27.1 Å². The van der Waals surface area contributed by atoms with Crippen LogP contribution in [0.15, 0.2) is 36.9 Å². The van der Waals surface area contributed by atoms with Crippen molar-refractivity contribution in [3.63, 3.8) is 0 Å². The second-order valence-electron chi connectivity index (χ2n) is 7.04. The zero-order valence-corrected chi connectivity index (χ0v) is 14.5. The van der Waals surface area contributed by atoms with Crippen LogP contribution in [0.3, 0.4) is 0 Å². The minimum Gasteiger partial charge on any atom is -0.497 e. The molecule has 25 heavy (non-hydrogen) atoms. The molecule has 1 aromatic carbocycles. The fourth-order valence-corrected chi connectivity index (χ4v) is 4.42. The lowest BCUT2D eigenvalue weighted by Gasteiger charge is -2.39. The third kappa shape index (κ3) is 3.25. The fraction of sp³-hybridized carbons (Fsp3) is 0.526. The maximum absolute atomic E-state index is 12.7. The second kappa shape index (κ2) is 6.86. The second-order valence-corrected chi connectivity index (χ2v) is 7.04. The number of ether oxygens (including phenoxy) is 1. The lowest BCUT2D eigenvalue weighted by molar-refractivity contribution is -0.136. The Kier molecular flexibility index (Phi) is 4.42. The van der Waals surface area contributed by atoms with Gasteiger partial charge < -0.3 is 9.64 Å². The number of carbonyl (C=O) groups excluding carboxylic acids is 1. The van der Waals surface area contributed by atoms with Crippen molar-refractivity contribution in [3.05, 3.63) is 42.5 Å². The molecule has 0 radical (unpaired) electrons. The Balaban J connectivity index is 1.40. The summed E-state index contributed by atoms with van der Waals surface area (Å²) in [4.78, 5) is 18.8. The summed E-state index contributed by atoms with van der Waals surface area (Å²) in [6, 6.07) is 9.18. The molecule has 0 saturated carbocycles. The molecule has 2 aliphatic heterocycles.